The summed E-state index contributed by atoms with van der Waals surface area (Å²) in [4.78, 5) is 0. The smallest absolute Gasteiger partial charge is 0.0595 e. The summed E-state index contributed by atoms with van der Waals surface area (Å²) in [5.74, 6) is 1.30. The highest BCUT2D eigenvalue weighted by molar-refractivity contribution is 6.42. The van der Waals surface area contributed by atoms with Crippen LogP contribution in [0.2, 0.25) is 10.0 Å². The molecule has 0 unspecified atom stereocenters. The molecule has 17 heavy (non-hydrogen) atoms. The summed E-state index contributed by atoms with van der Waals surface area (Å²) in [7, 11) is 1.77. The van der Waals surface area contributed by atoms with Gasteiger partial charge < -0.3 is 10.1 Å². The Morgan fingerprint density at radius 2 is 2.24 bits per heavy atom. The van der Waals surface area contributed by atoms with Crippen LogP contribution in [0, 0.1) is 11.8 Å². The summed E-state index contributed by atoms with van der Waals surface area (Å²) >= 11 is 12.1. The van der Waals surface area contributed by atoms with Gasteiger partial charge >= 0.3 is 0 Å². The first-order valence-corrected chi connectivity index (χ1v) is 6.61. The highest BCUT2D eigenvalue weighted by Crippen LogP contribution is 2.62. The van der Waals surface area contributed by atoms with E-state index < -0.39 is 0 Å². The van der Waals surface area contributed by atoms with E-state index in [0.29, 0.717) is 21.9 Å². The van der Waals surface area contributed by atoms with Crippen molar-refractivity contribution in [2.75, 3.05) is 26.8 Å². The summed E-state index contributed by atoms with van der Waals surface area (Å²) < 4.78 is 5.32. The van der Waals surface area contributed by atoms with Gasteiger partial charge in [-0.2, -0.15) is 0 Å². The highest BCUT2D eigenvalue weighted by atomic mass is 35.5. The van der Waals surface area contributed by atoms with Crippen molar-refractivity contribution in [1.29, 1.82) is 0 Å². The van der Waals surface area contributed by atoms with Gasteiger partial charge in [0.2, 0.25) is 0 Å². The van der Waals surface area contributed by atoms with Gasteiger partial charge in [0.15, 0.2) is 0 Å². The molecule has 0 radical (unpaired) electrons. The van der Waals surface area contributed by atoms with Crippen molar-refractivity contribution in [1.82, 2.24) is 5.32 Å². The van der Waals surface area contributed by atoms with Crippen molar-refractivity contribution < 1.29 is 4.74 Å². The maximum atomic E-state index is 6.11. The molecule has 2 aliphatic rings. The van der Waals surface area contributed by atoms with Crippen molar-refractivity contribution in [3.8, 4) is 0 Å². The van der Waals surface area contributed by atoms with E-state index in [2.05, 4.69) is 11.4 Å². The first-order valence-electron chi connectivity index (χ1n) is 5.85. The largest absolute Gasteiger partial charge is 0.384 e. The monoisotopic (exact) mass is 271 g/mol. The topological polar surface area (TPSA) is 21.3 Å². The number of ether oxygens (including phenoxy) is 1. The van der Waals surface area contributed by atoms with Gasteiger partial charge in [-0.15, -0.1) is 0 Å². The minimum atomic E-state index is 0.226. The normalized spacial score (nSPS) is 34.8. The molecular weight excluding hydrogens is 257 g/mol. The van der Waals surface area contributed by atoms with Crippen LogP contribution in [0.25, 0.3) is 0 Å². The molecule has 1 aromatic carbocycles. The molecule has 1 aliphatic carbocycles. The predicted molar refractivity (Wildman–Crippen MR) is 69.9 cm³/mol. The van der Waals surface area contributed by atoms with Crippen molar-refractivity contribution in [3.63, 3.8) is 0 Å². The SMILES string of the molecule is COC[C@H]1[C@@H]2CNC[C@@]21c1ccc(Cl)c(Cl)c1. The van der Waals surface area contributed by atoms with Crippen molar-refractivity contribution in [3.05, 3.63) is 33.8 Å². The van der Waals surface area contributed by atoms with Gasteiger partial charge in [-0.25, -0.2) is 0 Å². The van der Waals surface area contributed by atoms with E-state index in [4.69, 9.17) is 27.9 Å². The molecule has 1 saturated carbocycles. The molecule has 1 heterocycles. The van der Waals surface area contributed by atoms with Gasteiger partial charge in [0.1, 0.15) is 0 Å². The van der Waals surface area contributed by atoms with E-state index in [-0.39, 0.29) is 5.41 Å². The first-order chi connectivity index (χ1) is 8.20. The number of nitrogens with one attached hydrogen (secondary N) is 1. The third-order valence-corrected chi connectivity index (χ3v) is 5.02. The Morgan fingerprint density at radius 1 is 1.41 bits per heavy atom. The van der Waals surface area contributed by atoms with Crippen LogP contribution in [-0.2, 0) is 10.2 Å². The number of fused-ring (bicyclic) bond motifs is 1. The van der Waals surface area contributed by atoms with E-state index in [9.17, 15) is 0 Å². The Bertz CT molecular complexity index is 451. The number of benzene rings is 1. The van der Waals surface area contributed by atoms with E-state index in [1.165, 1.54) is 5.56 Å². The molecule has 92 valence electrons. The third-order valence-electron chi connectivity index (χ3n) is 4.28. The summed E-state index contributed by atoms with van der Waals surface area (Å²) in [6.45, 7) is 2.92. The van der Waals surface area contributed by atoms with Crippen molar-refractivity contribution in [2.24, 2.45) is 11.8 Å². The zero-order chi connectivity index (χ0) is 12.0. The molecule has 1 aliphatic heterocycles. The summed E-state index contributed by atoms with van der Waals surface area (Å²) in [5, 5.41) is 4.72. The standard InChI is InChI=1S/C13H15Cl2NO/c1-17-6-10-9-5-16-7-13(9,10)8-2-3-11(14)12(15)4-8/h2-4,9-10,16H,5-7H2,1H3/t9-,10-,13+/m0/s1. The van der Waals surface area contributed by atoms with Gasteiger partial charge in [-0.1, -0.05) is 29.3 Å². The van der Waals surface area contributed by atoms with Gasteiger partial charge in [-0.05, 0) is 36.1 Å². The van der Waals surface area contributed by atoms with E-state index in [1.54, 1.807) is 7.11 Å². The fourth-order valence-corrected chi connectivity index (χ4v) is 3.68. The predicted octanol–water partition coefficient (Wildman–Crippen LogP) is 2.73. The maximum absolute atomic E-state index is 6.11. The molecule has 4 heteroatoms. The Labute approximate surface area is 111 Å². The van der Waals surface area contributed by atoms with Crippen molar-refractivity contribution in [2.45, 2.75) is 5.41 Å². The fraction of sp³-hybridized carbons (Fsp3) is 0.538. The molecule has 1 N–H and O–H groups in total. The molecule has 0 amide bonds. The molecule has 3 atom stereocenters. The summed E-state index contributed by atoms with van der Waals surface area (Å²) in [5.41, 5.74) is 1.52. The lowest BCUT2D eigenvalue weighted by atomic mass is 9.93. The maximum Gasteiger partial charge on any atom is 0.0595 e. The Hall–Kier alpha value is -0.280. The molecular formula is C13H15Cl2NO. The molecule has 0 spiro atoms. The van der Waals surface area contributed by atoms with Crippen LogP contribution in [0.1, 0.15) is 5.56 Å². The average molecular weight is 272 g/mol. The first kappa shape index (κ1) is 11.8. The van der Waals surface area contributed by atoms with E-state index in [1.807, 2.05) is 12.1 Å². The number of rotatable bonds is 3. The third kappa shape index (κ3) is 1.62. The zero-order valence-electron chi connectivity index (χ0n) is 9.67. The van der Waals surface area contributed by atoms with E-state index in [0.717, 1.165) is 19.7 Å². The molecule has 0 bridgehead atoms. The van der Waals surface area contributed by atoms with Crippen LogP contribution >= 0.6 is 23.2 Å². The Kier molecular flexibility index (Phi) is 2.86. The van der Waals surface area contributed by atoms with Crippen LogP contribution in [0.4, 0.5) is 0 Å². The van der Waals surface area contributed by atoms with Crippen LogP contribution in [-0.4, -0.2) is 26.8 Å². The quantitative estimate of drug-likeness (QED) is 0.913. The average Bonchev–Trinajstić information content (AvgIpc) is 2.72. The summed E-state index contributed by atoms with van der Waals surface area (Å²) in [6.07, 6.45) is 0. The molecule has 3 rings (SSSR count). The van der Waals surface area contributed by atoms with Gasteiger partial charge in [0.05, 0.1) is 16.7 Å². The zero-order valence-corrected chi connectivity index (χ0v) is 11.2. The van der Waals surface area contributed by atoms with E-state index >= 15 is 0 Å². The van der Waals surface area contributed by atoms with Gasteiger partial charge in [0, 0.05) is 19.1 Å². The fourth-order valence-electron chi connectivity index (χ4n) is 3.39. The lowest BCUT2D eigenvalue weighted by Gasteiger charge is -2.16. The minimum absolute atomic E-state index is 0.226. The number of hydrogen-bond donors (Lipinski definition) is 1. The lowest BCUT2D eigenvalue weighted by molar-refractivity contribution is 0.172. The molecule has 1 saturated heterocycles. The van der Waals surface area contributed by atoms with Gasteiger partial charge in [-0.3, -0.25) is 0 Å². The molecule has 1 aromatic rings. The number of hydrogen-bond acceptors (Lipinski definition) is 2. The second kappa shape index (κ2) is 4.13. The number of halogens is 2. The van der Waals surface area contributed by atoms with Crippen LogP contribution < -0.4 is 5.32 Å². The minimum Gasteiger partial charge on any atom is -0.384 e. The molecule has 2 nitrogen and oxygen atoms in total. The van der Waals surface area contributed by atoms with Crippen LogP contribution in [0.15, 0.2) is 18.2 Å². The van der Waals surface area contributed by atoms with Crippen LogP contribution in [0.3, 0.4) is 0 Å². The summed E-state index contributed by atoms with van der Waals surface area (Å²) in [6, 6.07) is 6.01. The molecule has 0 aromatic heterocycles. The molecule has 2 fully saturated rings. The van der Waals surface area contributed by atoms with Gasteiger partial charge in [0.25, 0.3) is 0 Å². The van der Waals surface area contributed by atoms with Crippen molar-refractivity contribution >= 4 is 23.2 Å². The second-order valence-electron chi connectivity index (χ2n) is 4.97. The highest BCUT2D eigenvalue weighted by Gasteiger charge is 2.67. The second-order valence-corrected chi connectivity index (χ2v) is 5.78. The number of methoxy groups -OCH3 is 1. The Balaban J connectivity index is 1.94. The lowest BCUT2D eigenvalue weighted by Crippen LogP contribution is -2.25. The Morgan fingerprint density at radius 3 is 2.94 bits per heavy atom. The number of piperidine rings is 1. The van der Waals surface area contributed by atoms with Crippen LogP contribution in [0.5, 0.6) is 0 Å².